The molecule has 1 aromatic carbocycles. The maximum atomic E-state index is 12.4. The molecule has 3 rings (SSSR count). The van der Waals surface area contributed by atoms with Crippen LogP contribution in [-0.4, -0.2) is 40.5 Å². The van der Waals surface area contributed by atoms with Gasteiger partial charge in [0.25, 0.3) is 5.91 Å². The molecule has 0 aliphatic carbocycles. The first-order valence-electron chi connectivity index (χ1n) is 6.89. The summed E-state index contributed by atoms with van der Waals surface area (Å²) in [5.41, 5.74) is 1.64. The van der Waals surface area contributed by atoms with Gasteiger partial charge in [0.2, 0.25) is 5.91 Å². The van der Waals surface area contributed by atoms with E-state index in [9.17, 15) is 14.7 Å². The van der Waals surface area contributed by atoms with Crippen LogP contribution < -0.4 is 5.32 Å². The summed E-state index contributed by atoms with van der Waals surface area (Å²) in [7, 11) is 0. The summed E-state index contributed by atoms with van der Waals surface area (Å²) < 4.78 is 0. The zero-order valence-electron chi connectivity index (χ0n) is 11.5. The van der Waals surface area contributed by atoms with E-state index in [1.807, 2.05) is 6.07 Å². The Hall–Kier alpha value is -1.88. The first-order chi connectivity index (χ1) is 9.44. The first kappa shape index (κ1) is 13.1. The van der Waals surface area contributed by atoms with Gasteiger partial charge in [-0.3, -0.25) is 9.59 Å². The number of amides is 2. The molecule has 1 atom stereocenters. The Balaban J connectivity index is 1.81. The summed E-state index contributed by atoms with van der Waals surface area (Å²) in [6, 6.07) is 5.37. The largest absolute Gasteiger partial charge is 0.388 e. The predicted octanol–water partition coefficient (Wildman–Crippen LogP) is 1.17. The third-order valence-corrected chi connectivity index (χ3v) is 3.99. The summed E-state index contributed by atoms with van der Waals surface area (Å²) in [5, 5.41) is 12.7. The molecule has 0 spiro atoms. The molecule has 2 amide bonds. The summed E-state index contributed by atoms with van der Waals surface area (Å²) in [6.45, 7) is 2.71. The number of hydrogen-bond acceptors (Lipinski definition) is 3. The van der Waals surface area contributed by atoms with Crippen molar-refractivity contribution < 1.29 is 14.7 Å². The zero-order chi connectivity index (χ0) is 14.3. The highest BCUT2D eigenvalue weighted by atomic mass is 16.3. The Bertz CT molecular complexity index is 580. The number of carbonyl (C=O) groups excluding carboxylic acids is 2. The number of hydrogen-bond donors (Lipinski definition) is 2. The molecular weight excluding hydrogens is 256 g/mol. The molecule has 1 unspecified atom stereocenters. The van der Waals surface area contributed by atoms with Gasteiger partial charge in [-0.1, -0.05) is 0 Å². The summed E-state index contributed by atoms with van der Waals surface area (Å²) in [4.78, 5) is 25.4. The SMILES string of the molecule is CC1(O)CCN(C(=O)c2ccc3c(c2)CCC(=O)N3)C1. The van der Waals surface area contributed by atoms with Crippen LogP contribution in [0.15, 0.2) is 18.2 Å². The van der Waals surface area contributed by atoms with Crippen LogP contribution in [0.4, 0.5) is 5.69 Å². The fourth-order valence-corrected chi connectivity index (χ4v) is 2.82. The number of aliphatic hydroxyl groups is 1. The highest BCUT2D eigenvalue weighted by Gasteiger charge is 2.34. The van der Waals surface area contributed by atoms with Gasteiger partial charge in [0.1, 0.15) is 0 Å². The van der Waals surface area contributed by atoms with E-state index in [-0.39, 0.29) is 11.8 Å². The van der Waals surface area contributed by atoms with Crippen LogP contribution in [-0.2, 0) is 11.2 Å². The molecule has 0 bridgehead atoms. The van der Waals surface area contributed by atoms with Crippen LogP contribution in [0, 0.1) is 0 Å². The van der Waals surface area contributed by atoms with Crippen LogP contribution in [0.5, 0.6) is 0 Å². The second-order valence-corrected chi connectivity index (χ2v) is 5.89. The number of β-amino-alcohol motifs (C(OH)–C–C–N with tert-alkyl or cyclic N) is 1. The van der Waals surface area contributed by atoms with Crippen LogP contribution in [0.25, 0.3) is 0 Å². The fraction of sp³-hybridized carbons (Fsp3) is 0.467. The highest BCUT2D eigenvalue weighted by molar-refractivity contribution is 5.98. The Kier molecular flexibility index (Phi) is 3.01. The van der Waals surface area contributed by atoms with Crippen molar-refractivity contribution in [3.05, 3.63) is 29.3 Å². The van der Waals surface area contributed by atoms with Gasteiger partial charge in [0, 0.05) is 30.8 Å². The van der Waals surface area contributed by atoms with Crippen molar-refractivity contribution in [2.75, 3.05) is 18.4 Å². The van der Waals surface area contributed by atoms with Crippen LogP contribution in [0.3, 0.4) is 0 Å². The predicted molar refractivity (Wildman–Crippen MR) is 74.5 cm³/mol. The number of rotatable bonds is 1. The lowest BCUT2D eigenvalue weighted by Gasteiger charge is -2.21. The van der Waals surface area contributed by atoms with Gasteiger partial charge in [-0.25, -0.2) is 0 Å². The smallest absolute Gasteiger partial charge is 0.253 e. The van der Waals surface area contributed by atoms with Crippen molar-refractivity contribution in [3.63, 3.8) is 0 Å². The number of nitrogens with one attached hydrogen (secondary N) is 1. The number of aryl methyl sites for hydroxylation is 1. The number of carbonyl (C=O) groups is 2. The van der Waals surface area contributed by atoms with E-state index in [2.05, 4.69) is 5.32 Å². The van der Waals surface area contributed by atoms with Crippen molar-refractivity contribution in [1.29, 1.82) is 0 Å². The zero-order valence-corrected chi connectivity index (χ0v) is 11.5. The quantitative estimate of drug-likeness (QED) is 0.807. The molecule has 2 N–H and O–H groups in total. The van der Waals surface area contributed by atoms with Crippen LogP contribution in [0.2, 0.25) is 0 Å². The monoisotopic (exact) mass is 274 g/mol. The number of likely N-dealkylation sites (tertiary alicyclic amines) is 1. The maximum absolute atomic E-state index is 12.4. The number of anilines is 1. The van der Waals surface area contributed by atoms with E-state index in [4.69, 9.17) is 0 Å². The molecule has 5 nitrogen and oxygen atoms in total. The van der Waals surface area contributed by atoms with Gasteiger partial charge in [0.05, 0.1) is 5.60 Å². The van der Waals surface area contributed by atoms with Crippen LogP contribution in [0.1, 0.15) is 35.7 Å². The molecular formula is C15H18N2O3. The van der Waals surface area contributed by atoms with Crippen molar-refractivity contribution in [2.24, 2.45) is 0 Å². The van der Waals surface area contributed by atoms with E-state index < -0.39 is 5.60 Å². The van der Waals surface area contributed by atoms with Gasteiger partial charge in [0.15, 0.2) is 0 Å². The fourth-order valence-electron chi connectivity index (χ4n) is 2.82. The van der Waals surface area contributed by atoms with Crippen molar-refractivity contribution in [2.45, 2.75) is 31.8 Å². The third kappa shape index (κ3) is 2.41. The third-order valence-electron chi connectivity index (χ3n) is 3.99. The second kappa shape index (κ2) is 4.59. The van der Waals surface area contributed by atoms with E-state index in [0.29, 0.717) is 37.9 Å². The summed E-state index contributed by atoms with van der Waals surface area (Å²) >= 11 is 0. The lowest BCUT2D eigenvalue weighted by Crippen LogP contribution is -2.34. The van der Waals surface area contributed by atoms with Gasteiger partial charge in [-0.05, 0) is 43.5 Å². The molecule has 5 heteroatoms. The number of nitrogens with zero attached hydrogens (tertiary/aromatic N) is 1. The topological polar surface area (TPSA) is 69.6 Å². The van der Waals surface area contributed by atoms with E-state index in [0.717, 1.165) is 11.3 Å². The minimum atomic E-state index is -0.780. The van der Waals surface area contributed by atoms with Crippen molar-refractivity contribution in [3.8, 4) is 0 Å². The minimum Gasteiger partial charge on any atom is -0.388 e. The Morgan fingerprint density at radius 2 is 2.20 bits per heavy atom. The average Bonchev–Trinajstić information content (AvgIpc) is 2.77. The molecule has 2 aliphatic heterocycles. The molecule has 106 valence electrons. The lowest BCUT2D eigenvalue weighted by molar-refractivity contribution is -0.116. The number of fused-ring (bicyclic) bond motifs is 1. The van der Waals surface area contributed by atoms with Gasteiger partial charge in [-0.2, -0.15) is 0 Å². The van der Waals surface area contributed by atoms with Gasteiger partial charge >= 0.3 is 0 Å². The maximum Gasteiger partial charge on any atom is 0.253 e. The Labute approximate surface area is 117 Å². The lowest BCUT2D eigenvalue weighted by atomic mass is 10.00. The normalized spacial score (nSPS) is 25.3. The molecule has 0 aromatic heterocycles. The standard InChI is InChI=1S/C15H18N2O3/c1-15(20)6-7-17(9-15)14(19)11-2-4-12-10(8-11)3-5-13(18)16-12/h2,4,8,20H,3,5-7,9H2,1H3,(H,16,18). The Morgan fingerprint density at radius 3 is 2.90 bits per heavy atom. The summed E-state index contributed by atoms with van der Waals surface area (Å²) in [6.07, 6.45) is 1.74. The molecule has 2 aliphatic rings. The molecule has 2 heterocycles. The number of benzene rings is 1. The molecule has 0 saturated carbocycles. The van der Waals surface area contributed by atoms with Crippen molar-refractivity contribution in [1.82, 2.24) is 4.90 Å². The molecule has 1 saturated heterocycles. The van der Waals surface area contributed by atoms with Crippen molar-refractivity contribution >= 4 is 17.5 Å². The molecule has 1 aromatic rings. The highest BCUT2D eigenvalue weighted by Crippen LogP contribution is 2.26. The second-order valence-electron chi connectivity index (χ2n) is 5.89. The molecule has 1 fully saturated rings. The van der Waals surface area contributed by atoms with Gasteiger partial charge < -0.3 is 15.3 Å². The summed E-state index contributed by atoms with van der Waals surface area (Å²) in [5.74, 6) is -0.0327. The molecule has 20 heavy (non-hydrogen) atoms. The Morgan fingerprint density at radius 1 is 1.40 bits per heavy atom. The first-order valence-corrected chi connectivity index (χ1v) is 6.89. The van der Waals surface area contributed by atoms with E-state index in [1.165, 1.54) is 0 Å². The minimum absolute atomic E-state index is 0.0205. The van der Waals surface area contributed by atoms with E-state index in [1.54, 1.807) is 24.0 Å². The van der Waals surface area contributed by atoms with E-state index >= 15 is 0 Å². The van der Waals surface area contributed by atoms with Crippen LogP contribution >= 0.6 is 0 Å². The average molecular weight is 274 g/mol. The van der Waals surface area contributed by atoms with Gasteiger partial charge in [-0.15, -0.1) is 0 Å². The molecule has 0 radical (unpaired) electrons.